The Labute approximate surface area is 160 Å². The van der Waals surface area contributed by atoms with Crippen molar-refractivity contribution in [3.63, 3.8) is 0 Å². The summed E-state index contributed by atoms with van der Waals surface area (Å²) >= 11 is -1.44. The number of aromatic hydroxyl groups is 1. The van der Waals surface area contributed by atoms with Gasteiger partial charge in [-0.3, -0.25) is 0 Å². The molecule has 0 saturated carbocycles. The lowest BCUT2D eigenvalue weighted by Gasteiger charge is -2.12. The molecule has 1 N–H and O–H groups in total. The number of para-hydroxylation sites is 1. The second kappa shape index (κ2) is 7.39. The van der Waals surface area contributed by atoms with Crippen LogP contribution in [0.15, 0.2) is 88.8 Å². The Bertz CT molecular complexity index is 1070. The fourth-order valence-corrected chi connectivity index (χ4v) is 4.21. The Morgan fingerprint density at radius 2 is 1.78 bits per heavy atom. The van der Waals surface area contributed by atoms with Crippen molar-refractivity contribution in [3.8, 4) is 11.5 Å². The molecule has 5 heteroatoms. The molecule has 0 aliphatic carbocycles. The average Bonchev–Trinajstić information content (AvgIpc) is 3.10. The zero-order valence-electron chi connectivity index (χ0n) is 14.8. The molecule has 0 radical (unpaired) electrons. The van der Waals surface area contributed by atoms with Crippen molar-refractivity contribution in [1.82, 2.24) is 4.57 Å². The summed E-state index contributed by atoms with van der Waals surface area (Å²) in [6.07, 6.45) is 2.03. The van der Waals surface area contributed by atoms with Gasteiger partial charge in [0, 0.05) is 30.0 Å². The highest BCUT2D eigenvalue weighted by Gasteiger charge is 2.19. The van der Waals surface area contributed by atoms with Gasteiger partial charge in [0.15, 0.2) is 15.5 Å². The molecule has 4 rings (SSSR count). The molecule has 0 spiro atoms. The van der Waals surface area contributed by atoms with Crippen LogP contribution in [0.4, 0.5) is 0 Å². The molecule has 0 aliphatic heterocycles. The number of fused-ring (bicyclic) bond motifs is 1. The van der Waals surface area contributed by atoms with Crippen LogP contribution in [0.5, 0.6) is 11.5 Å². The SMILES string of the molecule is COc1ccc(Cn2ccc3ccc([S+]([O-])c4ccccc4O)cc32)cc1. The molecule has 0 amide bonds. The van der Waals surface area contributed by atoms with Crippen molar-refractivity contribution >= 4 is 22.1 Å². The van der Waals surface area contributed by atoms with Gasteiger partial charge in [-0.15, -0.1) is 0 Å². The number of rotatable bonds is 5. The third-order valence-corrected chi connectivity index (χ3v) is 5.96. The van der Waals surface area contributed by atoms with Gasteiger partial charge >= 0.3 is 0 Å². The highest BCUT2D eigenvalue weighted by Crippen LogP contribution is 2.30. The number of methoxy groups -OCH3 is 1. The Balaban J connectivity index is 1.67. The van der Waals surface area contributed by atoms with Crippen molar-refractivity contribution in [2.24, 2.45) is 0 Å². The summed E-state index contributed by atoms with van der Waals surface area (Å²) in [7, 11) is 1.65. The number of ether oxygens (including phenoxy) is 1. The van der Waals surface area contributed by atoms with E-state index >= 15 is 0 Å². The van der Waals surface area contributed by atoms with Gasteiger partial charge in [-0.25, -0.2) is 0 Å². The molecule has 0 aliphatic rings. The molecule has 0 fully saturated rings. The Kier molecular flexibility index (Phi) is 4.79. The molecule has 136 valence electrons. The predicted octanol–water partition coefficient (Wildman–Crippen LogP) is 4.57. The van der Waals surface area contributed by atoms with Crippen LogP contribution in [0.1, 0.15) is 5.56 Å². The number of benzene rings is 3. The summed E-state index contributed by atoms with van der Waals surface area (Å²) in [5.41, 5.74) is 2.16. The number of nitrogens with zero attached hydrogens (tertiary/aromatic N) is 1. The van der Waals surface area contributed by atoms with E-state index in [1.54, 1.807) is 31.4 Å². The van der Waals surface area contributed by atoms with Gasteiger partial charge in [0.2, 0.25) is 0 Å². The molecule has 4 aromatic rings. The van der Waals surface area contributed by atoms with Gasteiger partial charge in [-0.05, 0) is 53.4 Å². The highest BCUT2D eigenvalue weighted by atomic mass is 32.2. The smallest absolute Gasteiger partial charge is 0.200 e. The average molecular weight is 377 g/mol. The lowest BCUT2D eigenvalue weighted by molar-refractivity contribution is 0.414. The summed E-state index contributed by atoms with van der Waals surface area (Å²) in [6.45, 7) is 0.709. The van der Waals surface area contributed by atoms with E-state index in [9.17, 15) is 9.66 Å². The van der Waals surface area contributed by atoms with Crippen LogP contribution < -0.4 is 4.74 Å². The van der Waals surface area contributed by atoms with Gasteiger partial charge in [0.05, 0.1) is 12.6 Å². The quantitative estimate of drug-likeness (QED) is 0.518. The second-order valence-corrected chi connectivity index (χ2v) is 7.70. The van der Waals surface area contributed by atoms with Crippen molar-refractivity contribution in [2.75, 3.05) is 7.11 Å². The number of hydrogen-bond acceptors (Lipinski definition) is 3. The lowest BCUT2D eigenvalue weighted by Crippen LogP contribution is -2.03. The zero-order valence-corrected chi connectivity index (χ0v) is 15.6. The van der Waals surface area contributed by atoms with Crippen LogP contribution in [0, 0.1) is 0 Å². The van der Waals surface area contributed by atoms with E-state index in [1.807, 2.05) is 54.7 Å². The van der Waals surface area contributed by atoms with Crippen LogP contribution >= 0.6 is 0 Å². The van der Waals surface area contributed by atoms with Crippen molar-refractivity contribution in [3.05, 3.63) is 84.6 Å². The van der Waals surface area contributed by atoms with Gasteiger partial charge in [-0.2, -0.15) is 0 Å². The van der Waals surface area contributed by atoms with Crippen molar-refractivity contribution in [2.45, 2.75) is 16.3 Å². The molecule has 1 atom stereocenters. The molecule has 1 heterocycles. The minimum absolute atomic E-state index is 0.0459. The monoisotopic (exact) mass is 377 g/mol. The third-order valence-electron chi connectivity index (χ3n) is 4.54. The van der Waals surface area contributed by atoms with Crippen LogP contribution in [0.2, 0.25) is 0 Å². The first-order chi connectivity index (χ1) is 13.2. The normalized spacial score (nSPS) is 12.2. The molecular formula is C22H19NO3S. The van der Waals surface area contributed by atoms with Crippen LogP contribution in [-0.4, -0.2) is 21.3 Å². The third kappa shape index (κ3) is 3.52. The first-order valence-corrected chi connectivity index (χ1v) is 9.72. The minimum Gasteiger partial charge on any atom is -0.606 e. The fraction of sp³-hybridized carbons (Fsp3) is 0.0909. The number of phenols is 1. The second-order valence-electron chi connectivity index (χ2n) is 6.25. The summed E-state index contributed by atoms with van der Waals surface area (Å²) in [6, 6.07) is 22.5. The predicted molar refractivity (Wildman–Crippen MR) is 107 cm³/mol. The molecule has 1 aromatic heterocycles. The maximum atomic E-state index is 12.9. The topological polar surface area (TPSA) is 57.5 Å². The number of hydrogen-bond donors (Lipinski definition) is 1. The van der Waals surface area contributed by atoms with E-state index in [0.29, 0.717) is 16.3 Å². The van der Waals surface area contributed by atoms with E-state index in [-0.39, 0.29) is 5.75 Å². The maximum Gasteiger partial charge on any atom is 0.200 e. The van der Waals surface area contributed by atoms with Gasteiger partial charge in [0.1, 0.15) is 5.75 Å². The van der Waals surface area contributed by atoms with Crippen LogP contribution in [0.3, 0.4) is 0 Å². The van der Waals surface area contributed by atoms with Crippen molar-refractivity contribution < 1.29 is 14.4 Å². The fourth-order valence-electron chi connectivity index (χ4n) is 3.09. The Morgan fingerprint density at radius 1 is 1.00 bits per heavy atom. The molecule has 3 aromatic carbocycles. The number of aromatic nitrogens is 1. The van der Waals surface area contributed by atoms with E-state index in [1.165, 1.54) is 0 Å². The summed E-state index contributed by atoms with van der Waals surface area (Å²) < 4.78 is 20.2. The van der Waals surface area contributed by atoms with Crippen molar-refractivity contribution in [1.29, 1.82) is 0 Å². The standard InChI is InChI=1S/C22H19NO3S/c1-26-18-9-6-16(7-10-18)15-23-13-12-17-8-11-19(14-20(17)23)27(25)22-5-3-2-4-21(22)24/h2-14,24H,15H2,1H3. The van der Waals surface area contributed by atoms with E-state index in [2.05, 4.69) is 4.57 Å². The van der Waals surface area contributed by atoms with Gasteiger partial charge < -0.3 is 19.0 Å². The highest BCUT2D eigenvalue weighted by molar-refractivity contribution is 7.91. The van der Waals surface area contributed by atoms with E-state index < -0.39 is 11.2 Å². The first kappa shape index (κ1) is 17.5. The molecule has 0 saturated heterocycles. The summed E-state index contributed by atoms with van der Waals surface area (Å²) in [5.74, 6) is 0.876. The lowest BCUT2D eigenvalue weighted by atomic mass is 10.2. The molecule has 1 unspecified atom stereocenters. The molecule has 27 heavy (non-hydrogen) atoms. The van der Waals surface area contributed by atoms with Gasteiger partial charge in [0.25, 0.3) is 0 Å². The number of phenolic OH excluding ortho intramolecular Hbond substituents is 1. The molecular weight excluding hydrogens is 358 g/mol. The van der Waals surface area contributed by atoms with E-state index in [0.717, 1.165) is 22.2 Å². The maximum absolute atomic E-state index is 12.9. The molecule has 4 nitrogen and oxygen atoms in total. The minimum atomic E-state index is -1.44. The van der Waals surface area contributed by atoms with Gasteiger partial charge in [-0.1, -0.05) is 24.3 Å². The van der Waals surface area contributed by atoms with Crippen LogP contribution in [-0.2, 0) is 17.7 Å². The Hall–Kier alpha value is -2.89. The Morgan fingerprint density at radius 3 is 2.52 bits per heavy atom. The zero-order chi connectivity index (χ0) is 18.8. The molecule has 0 bridgehead atoms. The summed E-state index contributed by atoms with van der Waals surface area (Å²) in [4.78, 5) is 1.09. The summed E-state index contributed by atoms with van der Waals surface area (Å²) in [5, 5.41) is 11.1. The van der Waals surface area contributed by atoms with E-state index in [4.69, 9.17) is 4.74 Å². The first-order valence-electron chi connectivity index (χ1n) is 8.57. The van der Waals surface area contributed by atoms with Crippen LogP contribution in [0.25, 0.3) is 10.9 Å². The largest absolute Gasteiger partial charge is 0.606 e.